The van der Waals surface area contributed by atoms with Gasteiger partial charge in [0.1, 0.15) is 5.82 Å². The molecule has 0 spiro atoms. The first kappa shape index (κ1) is 17.0. The fraction of sp³-hybridized carbons (Fsp3) is 0.471. The highest BCUT2D eigenvalue weighted by Crippen LogP contribution is 2.26. The lowest BCUT2D eigenvalue weighted by Crippen LogP contribution is -2.44. The molecule has 2 heterocycles. The lowest BCUT2D eigenvalue weighted by Gasteiger charge is -2.35. The molecule has 1 aliphatic heterocycles. The lowest BCUT2D eigenvalue weighted by atomic mass is 10.0. The number of hydrogen-bond acceptors (Lipinski definition) is 5. The molecule has 5 nitrogen and oxygen atoms in total. The molecule has 1 aromatic heterocycles. The molecule has 1 fully saturated rings. The summed E-state index contributed by atoms with van der Waals surface area (Å²) >= 11 is 1.20. The number of benzene rings is 1. The summed E-state index contributed by atoms with van der Waals surface area (Å²) in [4.78, 5) is 14.4. The van der Waals surface area contributed by atoms with E-state index in [4.69, 9.17) is 4.42 Å². The molecule has 3 rings (SSSR count). The maximum atomic E-state index is 13.7. The van der Waals surface area contributed by atoms with Gasteiger partial charge in [0.15, 0.2) is 0 Å². The van der Waals surface area contributed by atoms with Gasteiger partial charge in [-0.05, 0) is 37.8 Å². The average molecular weight is 349 g/mol. The highest BCUT2D eigenvalue weighted by Gasteiger charge is 2.25. The smallest absolute Gasteiger partial charge is 0.277 e. The van der Waals surface area contributed by atoms with Crippen LogP contribution in [0.4, 0.5) is 4.39 Å². The van der Waals surface area contributed by atoms with Crippen LogP contribution in [0.15, 0.2) is 33.9 Å². The third-order valence-electron chi connectivity index (χ3n) is 4.25. The summed E-state index contributed by atoms with van der Waals surface area (Å²) < 4.78 is 19.2. The van der Waals surface area contributed by atoms with E-state index in [0.717, 1.165) is 25.8 Å². The third-order valence-corrected chi connectivity index (χ3v) is 5.05. The Bertz CT molecular complexity index is 707. The maximum Gasteiger partial charge on any atom is 0.277 e. The molecular weight excluding hydrogens is 329 g/mol. The van der Waals surface area contributed by atoms with E-state index in [2.05, 4.69) is 17.1 Å². The van der Waals surface area contributed by atoms with E-state index in [1.807, 2.05) is 4.90 Å². The third kappa shape index (κ3) is 3.77. The summed E-state index contributed by atoms with van der Waals surface area (Å²) in [7, 11) is 0. The second-order valence-electron chi connectivity index (χ2n) is 5.79. The first-order chi connectivity index (χ1) is 11.7. The van der Waals surface area contributed by atoms with Gasteiger partial charge in [-0.25, -0.2) is 4.39 Å². The summed E-state index contributed by atoms with van der Waals surface area (Å²) in [6.07, 6.45) is 4.30. The molecule has 128 valence electrons. The van der Waals surface area contributed by atoms with Crippen molar-refractivity contribution in [3.8, 4) is 11.5 Å². The van der Waals surface area contributed by atoms with Gasteiger partial charge in [0.25, 0.3) is 11.1 Å². The first-order valence-corrected chi connectivity index (χ1v) is 9.18. The summed E-state index contributed by atoms with van der Waals surface area (Å²) in [6.45, 7) is 2.93. The first-order valence-electron chi connectivity index (χ1n) is 8.19. The predicted molar refractivity (Wildman–Crippen MR) is 90.1 cm³/mol. The topological polar surface area (TPSA) is 59.2 Å². The zero-order valence-electron chi connectivity index (χ0n) is 13.6. The Hall–Kier alpha value is -1.89. The fourth-order valence-corrected chi connectivity index (χ4v) is 3.62. The van der Waals surface area contributed by atoms with Crippen LogP contribution in [0.3, 0.4) is 0 Å². The van der Waals surface area contributed by atoms with Crippen LogP contribution in [0, 0.1) is 5.82 Å². The van der Waals surface area contributed by atoms with Crippen LogP contribution in [0.25, 0.3) is 11.5 Å². The quantitative estimate of drug-likeness (QED) is 0.769. The van der Waals surface area contributed by atoms with Crippen LogP contribution < -0.4 is 0 Å². The highest BCUT2D eigenvalue weighted by atomic mass is 32.2. The second kappa shape index (κ2) is 7.79. The van der Waals surface area contributed by atoms with Crippen molar-refractivity contribution >= 4 is 17.7 Å². The number of rotatable bonds is 5. The number of likely N-dealkylation sites (tertiary alicyclic amines) is 1. The highest BCUT2D eigenvalue weighted by molar-refractivity contribution is 7.99. The van der Waals surface area contributed by atoms with Crippen molar-refractivity contribution in [2.45, 2.75) is 43.9 Å². The van der Waals surface area contributed by atoms with Crippen LogP contribution in [-0.2, 0) is 4.79 Å². The SMILES string of the molecule is CC[C@H]1CCCCN1C(=O)CSc1nnc(-c2ccccc2F)o1. The van der Waals surface area contributed by atoms with Crippen LogP contribution in [0.2, 0.25) is 0 Å². The number of aromatic nitrogens is 2. The number of hydrogen-bond donors (Lipinski definition) is 0. The fourth-order valence-electron chi connectivity index (χ4n) is 2.97. The van der Waals surface area contributed by atoms with Gasteiger partial charge in [0, 0.05) is 12.6 Å². The molecular formula is C17H20FN3O2S. The van der Waals surface area contributed by atoms with Gasteiger partial charge in [-0.15, -0.1) is 10.2 Å². The van der Waals surface area contributed by atoms with Gasteiger partial charge in [-0.1, -0.05) is 30.8 Å². The molecule has 0 N–H and O–H groups in total. The molecule has 1 atom stereocenters. The van der Waals surface area contributed by atoms with E-state index in [1.54, 1.807) is 18.2 Å². The number of amides is 1. The van der Waals surface area contributed by atoms with Crippen molar-refractivity contribution in [2.75, 3.05) is 12.3 Å². The van der Waals surface area contributed by atoms with Gasteiger partial charge in [0.2, 0.25) is 5.91 Å². The van der Waals surface area contributed by atoms with Crippen molar-refractivity contribution in [3.63, 3.8) is 0 Å². The van der Waals surface area contributed by atoms with E-state index < -0.39 is 5.82 Å². The van der Waals surface area contributed by atoms with Crippen LogP contribution in [0.5, 0.6) is 0 Å². The van der Waals surface area contributed by atoms with Crippen molar-refractivity contribution in [1.82, 2.24) is 15.1 Å². The summed E-state index contributed by atoms with van der Waals surface area (Å²) in [5.74, 6) is 0.0765. The Balaban J connectivity index is 1.61. The minimum absolute atomic E-state index is 0.0946. The van der Waals surface area contributed by atoms with Crippen molar-refractivity contribution < 1.29 is 13.6 Å². The number of thioether (sulfide) groups is 1. The largest absolute Gasteiger partial charge is 0.411 e. The summed E-state index contributed by atoms with van der Waals surface area (Å²) in [5.41, 5.74) is 0.269. The molecule has 0 saturated carbocycles. The molecule has 0 bridgehead atoms. The van der Waals surface area contributed by atoms with Crippen molar-refractivity contribution in [2.24, 2.45) is 0 Å². The number of carbonyl (C=O) groups excluding carboxylic acids is 1. The Kier molecular flexibility index (Phi) is 5.50. The molecule has 0 unspecified atom stereocenters. The molecule has 24 heavy (non-hydrogen) atoms. The van der Waals surface area contributed by atoms with E-state index in [-0.39, 0.29) is 28.3 Å². The molecule has 0 radical (unpaired) electrons. The monoisotopic (exact) mass is 349 g/mol. The van der Waals surface area contributed by atoms with Gasteiger partial charge in [0.05, 0.1) is 11.3 Å². The second-order valence-corrected chi connectivity index (χ2v) is 6.71. The maximum absolute atomic E-state index is 13.7. The Morgan fingerprint density at radius 3 is 3.00 bits per heavy atom. The molecule has 1 aliphatic rings. The summed E-state index contributed by atoms with van der Waals surface area (Å²) in [6, 6.07) is 6.58. The molecule has 1 amide bonds. The molecule has 1 aromatic carbocycles. The minimum Gasteiger partial charge on any atom is -0.411 e. The molecule has 7 heteroatoms. The van der Waals surface area contributed by atoms with Gasteiger partial charge in [-0.2, -0.15) is 0 Å². The predicted octanol–water partition coefficient (Wildman–Crippen LogP) is 3.76. The van der Waals surface area contributed by atoms with Crippen LogP contribution >= 0.6 is 11.8 Å². The number of nitrogens with zero attached hydrogens (tertiary/aromatic N) is 3. The van der Waals surface area contributed by atoms with E-state index in [9.17, 15) is 9.18 Å². The number of carbonyl (C=O) groups is 1. The molecule has 2 aromatic rings. The zero-order chi connectivity index (χ0) is 16.9. The lowest BCUT2D eigenvalue weighted by molar-refractivity contribution is -0.132. The summed E-state index contributed by atoms with van der Waals surface area (Å²) in [5, 5.41) is 8.05. The average Bonchev–Trinajstić information content (AvgIpc) is 3.08. The Labute approximate surface area is 144 Å². The van der Waals surface area contributed by atoms with Crippen LogP contribution in [0.1, 0.15) is 32.6 Å². The van der Waals surface area contributed by atoms with Crippen LogP contribution in [-0.4, -0.2) is 39.3 Å². The van der Waals surface area contributed by atoms with Gasteiger partial charge >= 0.3 is 0 Å². The standard InChI is InChI=1S/C17H20FN3O2S/c1-2-12-7-5-6-10-21(12)15(22)11-24-17-20-19-16(23-17)13-8-3-4-9-14(13)18/h3-4,8-9,12H,2,5-7,10-11H2,1H3/t12-/m0/s1. The normalized spacial score (nSPS) is 17.9. The van der Waals surface area contributed by atoms with E-state index in [1.165, 1.54) is 24.2 Å². The van der Waals surface area contributed by atoms with Gasteiger partial charge in [-0.3, -0.25) is 4.79 Å². The zero-order valence-corrected chi connectivity index (χ0v) is 14.4. The van der Waals surface area contributed by atoms with Crippen molar-refractivity contribution in [1.29, 1.82) is 0 Å². The van der Waals surface area contributed by atoms with E-state index in [0.29, 0.717) is 6.04 Å². The molecule has 1 saturated heterocycles. The van der Waals surface area contributed by atoms with Crippen molar-refractivity contribution in [3.05, 3.63) is 30.1 Å². The Morgan fingerprint density at radius 1 is 1.38 bits per heavy atom. The van der Waals surface area contributed by atoms with Gasteiger partial charge < -0.3 is 9.32 Å². The number of piperidine rings is 1. The Morgan fingerprint density at radius 2 is 2.21 bits per heavy atom. The molecule has 0 aliphatic carbocycles. The van der Waals surface area contributed by atoms with E-state index >= 15 is 0 Å². The minimum atomic E-state index is -0.409. The number of halogens is 1.